The fourth-order valence-electron chi connectivity index (χ4n) is 2.31. The number of hydrogen-bond acceptors (Lipinski definition) is 4. The summed E-state index contributed by atoms with van der Waals surface area (Å²) in [6.07, 6.45) is 2.00. The van der Waals surface area contributed by atoms with Gasteiger partial charge in [-0.25, -0.2) is 4.79 Å². The predicted octanol–water partition coefficient (Wildman–Crippen LogP) is 3.66. The van der Waals surface area contributed by atoms with E-state index in [2.05, 4.69) is 24.3 Å². The normalized spacial score (nSPS) is 10.1. The van der Waals surface area contributed by atoms with Gasteiger partial charge in [0.2, 0.25) is 0 Å². The summed E-state index contributed by atoms with van der Waals surface area (Å²) in [7, 11) is 3.87. The van der Waals surface area contributed by atoms with Gasteiger partial charge in [-0.3, -0.25) is 0 Å². The Morgan fingerprint density at radius 1 is 0.962 bits per heavy atom. The Bertz CT molecular complexity index is 631. The van der Waals surface area contributed by atoms with Gasteiger partial charge in [-0.1, -0.05) is 66.7 Å². The van der Waals surface area contributed by atoms with Gasteiger partial charge in [-0.15, -0.1) is 12.4 Å². The van der Waals surface area contributed by atoms with Crippen molar-refractivity contribution < 1.29 is 14.3 Å². The maximum absolute atomic E-state index is 11.6. The van der Waals surface area contributed by atoms with Crippen LogP contribution in [0.4, 0.5) is 0 Å². The molecule has 0 spiro atoms. The Labute approximate surface area is 161 Å². The molecule has 0 heterocycles. The van der Waals surface area contributed by atoms with Crippen LogP contribution in [0.15, 0.2) is 66.7 Å². The molecule has 2 rings (SSSR count). The third-order valence-electron chi connectivity index (χ3n) is 3.60. The van der Waals surface area contributed by atoms with Gasteiger partial charge in [0.15, 0.2) is 0 Å². The first-order valence-electron chi connectivity index (χ1n) is 8.36. The van der Waals surface area contributed by atoms with Crippen LogP contribution in [0.25, 0.3) is 5.57 Å². The number of esters is 1. The first-order valence-corrected chi connectivity index (χ1v) is 8.36. The molecule has 5 heteroatoms. The van der Waals surface area contributed by atoms with E-state index in [1.54, 1.807) is 0 Å². The number of benzene rings is 2. The van der Waals surface area contributed by atoms with E-state index in [4.69, 9.17) is 9.47 Å². The standard InChI is InChI=1S/C21H25NO3.ClH/c1-22(2)14-16-25-21(23)17-24-15-13-20(18-9-5-3-6-10-18)19-11-7-4-8-12-19;/h3-13H,14-17H2,1-2H3;1H. The largest absolute Gasteiger partial charge is 0.463 e. The molecule has 0 N–H and O–H groups in total. The Hall–Kier alpha value is -2.14. The summed E-state index contributed by atoms with van der Waals surface area (Å²) in [5, 5.41) is 0. The molecule has 4 nitrogen and oxygen atoms in total. The Morgan fingerprint density at radius 2 is 1.50 bits per heavy atom. The molecule has 0 aliphatic rings. The maximum atomic E-state index is 11.6. The van der Waals surface area contributed by atoms with Gasteiger partial charge in [0.25, 0.3) is 0 Å². The Morgan fingerprint density at radius 3 is 2.00 bits per heavy atom. The molecule has 0 saturated heterocycles. The van der Waals surface area contributed by atoms with E-state index in [0.29, 0.717) is 19.8 Å². The lowest BCUT2D eigenvalue weighted by Crippen LogP contribution is -2.22. The molecule has 2 aromatic rings. The van der Waals surface area contributed by atoms with Crippen LogP contribution in [0.5, 0.6) is 0 Å². The third kappa shape index (κ3) is 7.83. The average Bonchev–Trinajstić information content (AvgIpc) is 2.63. The summed E-state index contributed by atoms with van der Waals surface area (Å²) in [6.45, 7) is 1.39. The van der Waals surface area contributed by atoms with Gasteiger partial charge in [0, 0.05) is 6.54 Å². The minimum absolute atomic E-state index is 0. The number of hydrogen-bond donors (Lipinski definition) is 0. The summed E-state index contributed by atoms with van der Waals surface area (Å²) in [5.41, 5.74) is 3.32. The molecule has 0 amide bonds. The summed E-state index contributed by atoms with van der Waals surface area (Å²) in [4.78, 5) is 13.6. The SMILES string of the molecule is CN(C)CCOC(=O)COCC=C(c1ccccc1)c1ccccc1.Cl. The summed E-state index contributed by atoms with van der Waals surface area (Å²) in [5.74, 6) is -0.337. The zero-order chi connectivity index (χ0) is 17.9. The van der Waals surface area contributed by atoms with Crippen LogP contribution in [0.1, 0.15) is 11.1 Å². The summed E-state index contributed by atoms with van der Waals surface area (Å²) < 4.78 is 10.6. The Kier molecular flexibility index (Phi) is 10.3. The van der Waals surface area contributed by atoms with Gasteiger partial charge in [0.05, 0.1) is 6.61 Å². The molecular formula is C21H26ClNO3. The van der Waals surface area contributed by atoms with Crippen LogP contribution in [0.2, 0.25) is 0 Å². The number of nitrogens with zero attached hydrogens (tertiary/aromatic N) is 1. The van der Waals surface area contributed by atoms with E-state index >= 15 is 0 Å². The molecule has 0 aliphatic carbocycles. The van der Waals surface area contributed by atoms with E-state index in [9.17, 15) is 4.79 Å². The number of likely N-dealkylation sites (N-methyl/N-ethyl adjacent to an activating group) is 1. The minimum Gasteiger partial charge on any atom is -0.463 e. The third-order valence-corrected chi connectivity index (χ3v) is 3.60. The van der Waals surface area contributed by atoms with Gasteiger partial charge in [-0.2, -0.15) is 0 Å². The van der Waals surface area contributed by atoms with E-state index in [0.717, 1.165) is 16.7 Å². The van der Waals surface area contributed by atoms with Crippen molar-refractivity contribution in [1.29, 1.82) is 0 Å². The van der Waals surface area contributed by atoms with Crippen LogP contribution >= 0.6 is 12.4 Å². The molecule has 0 unspecified atom stereocenters. The van der Waals surface area contributed by atoms with Crippen molar-refractivity contribution in [2.75, 3.05) is 40.5 Å². The van der Waals surface area contributed by atoms with Crippen molar-refractivity contribution in [2.24, 2.45) is 0 Å². The minimum atomic E-state index is -0.337. The lowest BCUT2D eigenvalue weighted by Gasteiger charge is -2.10. The van der Waals surface area contributed by atoms with Crippen LogP contribution in [0.3, 0.4) is 0 Å². The highest BCUT2D eigenvalue weighted by Crippen LogP contribution is 2.22. The smallest absolute Gasteiger partial charge is 0.332 e. The predicted molar refractivity (Wildman–Crippen MR) is 108 cm³/mol. The monoisotopic (exact) mass is 375 g/mol. The zero-order valence-electron chi connectivity index (χ0n) is 15.3. The van der Waals surface area contributed by atoms with E-state index in [1.165, 1.54) is 0 Å². The van der Waals surface area contributed by atoms with E-state index in [-0.39, 0.29) is 25.0 Å². The second-order valence-corrected chi connectivity index (χ2v) is 5.89. The van der Waals surface area contributed by atoms with Crippen molar-refractivity contribution in [3.05, 3.63) is 77.9 Å². The fourth-order valence-corrected chi connectivity index (χ4v) is 2.31. The van der Waals surface area contributed by atoms with Gasteiger partial charge < -0.3 is 14.4 Å². The molecule has 0 saturated carbocycles. The van der Waals surface area contributed by atoms with Gasteiger partial charge in [-0.05, 0) is 30.8 Å². The first kappa shape index (κ1) is 21.9. The molecule has 2 aromatic carbocycles. The lowest BCUT2D eigenvalue weighted by atomic mass is 9.98. The Balaban J connectivity index is 0.00000338. The molecule has 0 aliphatic heterocycles. The highest BCUT2D eigenvalue weighted by atomic mass is 35.5. The number of rotatable bonds is 9. The molecule has 26 heavy (non-hydrogen) atoms. The molecule has 0 bridgehead atoms. The molecule has 140 valence electrons. The van der Waals surface area contributed by atoms with Crippen molar-refractivity contribution in [3.8, 4) is 0 Å². The van der Waals surface area contributed by atoms with E-state index < -0.39 is 0 Å². The van der Waals surface area contributed by atoms with Crippen LogP contribution in [-0.4, -0.2) is 51.3 Å². The number of carbonyl (C=O) groups is 1. The van der Waals surface area contributed by atoms with Crippen LogP contribution < -0.4 is 0 Å². The molecule has 0 aromatic heterocycles. The molecule has 0 atom stereocenters. The number of halogens is 1. The zero-order valence-corrected chi connectivity index (χ0v) is 16.1. The van der Waals surface area contributed by atoms with Crippen LogP contribution in [0, 0.1) is 0 Å². The van der Waals surface area contributed by atoms with E-state index in [1.807, 2.05) is 61.5 Å². The average molecular weight is 376 g/mol. The lowest BCUT2D eigenvalue weighted by molar-refractivity contribution is -0.148. The van der Waals surface area contributed by atoms with Crippen molar-refractivity contribution in [1.82, 2.24) is 4.90 Å². The molecule has 0 radical (unpaired) electrons. The summed E-state index contributed by atoms with van der Waals surface area (Å²) >= 11 is 0. The van der Waals surface area contributed by atoms with Crippen LogP contribution in [-0.2, 0) is 14.3 Å². The van der Waals surface area contributed by atoms with Crippen molar-refractivity contribution >= 4 is 23.9 Å². The topological polar surface area (TPSA) is 38.8 Å². The second-order valence-electron chi connectivity index (χ2n) is 5.89. The summed E-state index contributed by atoms with van der Waals surface area (Å²) in [6, 6.07) is 20.3. The van der Waals surface area contributed by atoms with Gasteiger partial charge >= 0.3 is 5.97 Å². The molecular weight excluding hydrogens is 350 g/mol. The second kappa shape index (κ2) is 12.3. The maximum Gasteiger partial charge on any atom is 0.332 e. The number of ether oxygens (including phenoxy) is 2. The van der Waals surface area contributed by atoms with Crippen molar-refractivity contribution in [2.45, 2.75) is 0 Å². The van der Waals surface area contributed by atoms with Crippen molar-refractivity contribution in [3.63, 3.8) is 0 Å². The fraction of sp³-hybridized carbons (Fsp3) is 0.286. The quantitative estimate of drug-likeness (QED) is 0.495. The highest BCUT2D eigenvalue weighted by Gasteiger charge is 2.05. The first-order chi connectivity index (χ1) is 12.2. The number of carbonyl (C=O) groups excluding carboxylic acids is 1. The highest BCUT2D eigenvalue weighted by molar-refractivity contribution is 5.85. The molecule has 0 fully saturated rings. The van der Waals surface area contributed by atoms with Gasteiger partial charge in [0.1, 0.15) is 13.2 Å².